The number of nitrogens with zero attached hydrogens (tertiary/aromatic N) is 5. The van der Waals surface area contributed by atoms with E-state index in [2.05, 4.69) is 9.88 Å². The second-order valence-electron chi connectivity index (χ2n) is 5.66. The summed E-state index contributed by atoms with van der Waals surface area (Å²) < 4.78 is 8.77. The molecule has 0 unspecified atom stereocenters. The van der Waals surface area contributed by atoms with Gasteiger partial charge in [0.1, 0.15) is 0 Å². The van der Waals surface area contributed by atoms with Gasteiger partial charge in [0.15, 0.2) is 11.2 Å². The summed E-state index contributed by atoms with van der Waals surface area (Å²) in [5, 5.41) is 0.617. The molecule has 0 bridgehead atoms. The lowest BCUT2D eigenvalue weighted by Gasteiger charge is -2.29. The number of halogens is 1. The summed E-state index contributed by atoms with van der Waals surface area (Å²) in [6, 6.07) is 7.14. The normalized spacial score (nSPS) is 15.2. The van der Waals surface area contributed by atoms with Gasteiger partial charge in [0.25, 0.3) is 5.56 Å². The molecule has 0 radical (unpaired) electrons. The maximum absolute atomic E-state index is 13.0. The van der Waals surface area contributed by atoms with Crippen molar-refractivity contribution in [3.63, 3.8) is 0 Å². The molecule has 24 heavy (non-hydrogen) atoms. The smallest absolute Gasteiger partial charge is 0.287 e. The van der Waals surface area contributed by atoms with Crippen LogP contribution in [0.4, 0.5) is 5.95 Å². The SMILES string of the molecule is Cn1cnc2c(=O)n(-c3ccc(Cl)cc3)c(N3CCOCC3)nc21. The Morgan fingerprint density at radius 3 is 2.58 bits per heavy atom. The standard InChI is InChI=1S/C16H16ClN5O2/c1-20-10-18-13-14(20)19-16(21-6-8-24-9-7-21)22(15(13)23)12-4-2-11(17)3-5-12/h2-5,10H,6-9H2,1H3. The highest BCUT2D eigenvalue weighted by Gasteiger charge is 2.22. The Morgan fingerprint density at radius 1 is 1.17 bits per heavy atom. The van der Waals surface area contributed by atoms with Crippen molar-refractivity contribution < 1.29 is 4.74 Å². The first kappa shape index (κ1) is 15.2. The third-order valence-electron chi connectivity index (χ3n) is 4.10. The Morgan fingerprint density at radius 2 is 1.88 bits per heavy atom. The highest BCUT2D eigenvalue weighted by atomic mass is 35.5. The van der Waals surface area contributed by atoms with Crippen molar-refractivity contribution in [1.29, 1.82) is 0 Å². The number of hydrogen-bond donors (Lipinski definition) is 0. The number of morpholine rings is 1. The van der Waals surface area contributed by atoms with E-state index < -0.39 is 0 Å². The first-order valence-electron chi connectivity index (χ1n) is 7.68. The minimum atomic E-state index is -0.190. The minimum Gasteiger partial charge on any atom is -0.378 e. The predicted octanol–water partition coefficient (Wildman–Crippen LogP) is 1.61. The van der Waals surface area contributed by atoms with Crippen molar-refractivity contribution >= 4 is 28.7 Å². The molecule has 124 valence electrons. The van der Waals surface area contributed by atoms with Gasteiger partial charge in [-0.2, -0.15) is 4.98 Å². The predicted molar refractivity (Wildman–Crippen MR) is 92.1 cm³/mol. The van der Waals surface area contributed by atoms with Crippen LogP contribution < -0.4 is 10.5 Å². The largest absolute Gasteiger partial charge is 0.378 e. The number of benzene rings is 1. The molecule has 2 aromatic heterocycles. The number of imidazole rings is 1. The zero-order valence-corrected chi connectivity index (χ0v) is 13.9. The summed E-state index contributed by atoms with van der Waals surface area (Å²) in [5.74, 6) is 0.599. The number of hydrogen-bond acceptors (Lipinski definition) is 5. The lowest BCUT2D eigenvalue weighted by atomic mass is 10.3. The van der Waals surface area contributed by atoms with Gasteiger partial charge >= 0.3 is 0 Å². The lowest BCUT2D eigenvalue weighted by Crippen LogP contribution is -2.40. The van der Waals surface area contributed by atoms with E-state index in [1.165, 1.54) is 0 Å². The molecule has 1 saturated heterocycles. The maximum atomic E-state index is 13.0. The fourth-order valence-corrected chi connectivity index (χ4v) is 2.97. The molecule has 7 nitrogen and oxygen atoms in total. The Hall–Kier alpha value is -2.38. The topological polar surface area (TPSA) is 65.2 Å². The van der Waals surface area contributed by atoms with Crippen LogP contribution in [0, 0.1) is 0 Å². The van der Waals surface area contributed by atoms with E-state index >= 15 is 0 Å². The van der Waals surface area contributed by atoms with Crippen LogP contribution in [-0.2, 0) is 11.8 Å². The van der Waals surface area contributed by atoms with Crippen molar-refractivity contribution in [2.45, 2.75) is 0 Å². The zero-order chi connectivity index (χ0) is 16.7. The molecular formula is C16H16ClN5O2. The van der Waals surface area contributed by atoms with Gasteiger partial charge in [-0.1, -0.05) is 11.6 Å². The Balaban J connectivity index is 1.99. The van der Waals surface area contributed by atoms with Crippen molar-refractivity contribution in [2.24, 2.45) is 7.05 Å². The minimum absolute atomic E-state index is 0.190. The molecule has 3 heterocycles. The monoisotopic (exact) mass is 345 g/mol. The number of fused-ring (bicyclic) bond motifs is 1. The van der Waals surface area contributed by atoms with Crippen LogP contribution in [0.25, 0.3) is 16.9 Å². The van der Waals surface area contributed by atoms with Gasteiger partial charge in [-0.25, -0.2) is 9.55 Å². The highest BCUT2D eigenvalue weighted by molar-refractivity contribution is 6.30. The van der Waals surface area contributed by atoms with Crippen LogP contribution in [0.2, 0.25) is 5.02 Å². The second kappa shape index (κ2) is 5.92. The molecule has 1 aliphatic heterocycles. The summed E-state index contributed by atoms with van der Waals surface area (Å²) in [7, 11) is 1.83. The summed E-state index contributed by atoms with van der Waals surface area (Å²) in [5.41, 5.74) is 1.45. The van der Waals surface area contributed by atoms with Gasteiger partial charge < -0.3 is 14.2 Å². The van der Waals surface area contributed by atoms with Crippen molar-refractivity contribution in [2.75, 3.05) is 31.2 Å². The Labute approximate surface area is 143 Å². The first-order valence-corrected chi connectivity index (χ1v) is 8.05. The molecule has 1 aliphatic rings. The molecule has 0 atom stereocenters. The molecular weight excluding hydrogens is 330 g/mol. The van der Waals surface area contributed by atoms with Crippen LogP contribution in [-0.4, -0.2) is 45.4 Å². The van der Waals surface area contributed by atoms with E-state index in [9.17, 15) is 4.79 Å². The molecule has 0 N–H and O–H groups in total. The van der Waals surface area contributed by atoms with Gasteiger partial charge in [-0.15, -0.1) is 0 Å². The van der Waals surface area contributed by atoms with E-state index in [0.29, 0.717) is 54.1 Å². The molecule has 0 aliphatic carbocycles. The summed E-state index contributed by atoms with van der Waals surface area (Å²) >= 11 is 5.98. The zero-order valence-electron chi connectivity index (χ0n) is 13.1. The molecule has 1 aromatic carbocycles. The van der Waals surface area contributed by atoms with E-state index in [-0.39, 0.29) is 5.56 Å². The number of anilines is 1. The average molecular weight is 346 g/mol. The van der Waals surface area contributed by atoms with Gasteiger partial charge in [-0.05, 0) is 24.3 Å². The fourth-order valence-electron chi connectivity index (χ4n) is 2.85. The molecule has 0 amide bonds. The van der Waals surface area contributed by atoms with E-state index in [0.717, 1.165) is 0 Å². The van der Waals surface area contributed by atoms with Crippen LogP contribution in [0.3, 0.4) is 0 Å². The van der Waals surface area contributed by atoms with Crippen LogP contribution in [0.1, 0.15) is 0 Å². The number of ether oxygens (including phenoxy) is 1. The van der Waals surface area contributed by atoms with E-state index in [4.69, 9.17) is 21.3 Å². The average Bonchev–Trinajstić information content (AvgIpc) is 2.98. The Kier molecular flexibility index (Phi) is 3.74. The number of rotatable bonds is 2. The maximum Gasteiger partial charge on any atom is 0.287 e. The van der Waals surface area contributed by atoms with Crippen molar-refractivity contribution in [1.82, 2.24) is 19.1 Å². The highest BCUT2D eigenvalue weighted by Crippen LogP contribution is 2.21. The van der Waals surface area contributed by atoms with Gasteiger partial charge in [0, 0.05) is 25.2 Å². The number of aryl methyl sites for hydroxylation is 1. The molecule has 3 aromatic rings. The van der Waals surface area contributed by atoms with Crippen LogP contribution in [0.5, 0.6) is 0 Å². The van der Waals surface area contributed by atoms with Crippen molar-refractivity contribution in [3.05, 3.63) is 46.0 Å². The van der Waals surface area contributed by atoms with Gasteiger partial charge in [-0.3, -0.25) is 4.79 Å². The third kappa shape index (κ3) is 2.46. The van der Waals surface area contributed by atoms with E-state index in [1.807, 2.05) is 19.2 Å². The molecule has 4 rings (SSSR count). The third-order valence-corrected chi connectivity index (χ3v) is 4.35. The second-order valence-corrected chi connectivity index (χ2v) is 6.09. The summed E-state index contributed by atoms with van der Waals surface area (Å²) in [6.45, 7) is 2.59. The molecule has 8 heteroatoms. The fraction of sp³-hybridized carbons (Fsp3) is 0.312. The van der Waals surface area contributed by atoms with Crippen LogP contribution >= 0.6 is 11.6 Å². The van der Waals surface area contributed by atoms with Gasteiger partial charge in [0.2, 0.25) is 5.95 Å². The molecule has 1 fully saturated rings. The van der Waals surface area contributed by atoms with Crippen LogP contribution in [0.15, 0.2) is 35.4 Å². The molecule has 0 saturated carbocycles. The van der Waals surface area contributed by atoms with Gasteiger partial charge in [0.05, 0.1) is 25.2 Å². The summed E-state index contributed by atoms with van der Waals surface area (Å²) in [6.07, 6.45) is 1.61. The number of aromatic nitrogens is 4. The Bertz CT molecular complexity index is 941. The molecule has 0 spiro atoms. The summed E-state index contributed by atoms with van der Waals surface area (Å²) in [4.78, 5) is 24.0. The quantitative estimate of drug-likeness (QED) is 0.706. The first-order chi connectivity index (χ1) is 11.6. The van der Waals surface area contributed by atoms with Crippen molar-refractivity contribution in [3.8, 4) is 5.69 Å². The van der Waals surface area contributed by atoms with E-state index in [1.54, 1.807) is 27.6 Å². The lowest BCUT2D eigenvalue weighted by molar-refractivity contribution is 0.122.